The first-order valence-electron chi connectivity index (χ1n) is 6.79. The summed E-state index contributed by atoms with van der Waals surface area (Å²) in [6.07, 6.45) is 5.51. The number of aliphatic carboxylic acids is 1. The topological polar surface area (TPSA) is 75.6 Å². The molecule has 102 valence electrons. The highest BCUT2D eigenvalue weighted by Crippen LogP contribution is 2.24. The molecule has 0 spiro atoms. The first kappa shape index (κ1) is 13.3. The van der Waals surface area contributed by atoms with Gasteiger partial charge in [0.15, 0.2) is 0 Å². The van der Waals surface area contributed by atoms with Gasteiger partial charge in [0.05, 0.1) is 18.4 Å². The van der Waals surface area contributed by atoms with Crippen LogP contribution in [0, 0.1) is 5.92 Å². The second-order valence-corrected chi connectivity index (χ2v) is 5.31. The molecule has 1 saturated heterocycles. The third-order valence-electron chi connectivity index (χ3n) is 3.83. The number of carboxylic acids is 1. The molecule has 5 heteroatoms. The first-order chi connectivity index (χ1) is 8.65. The zero-order valence-corrected chi connectivity index (χ0v) is 10.6. The third kappa shape index (κ3) is 3.70. The molecule has 3 atom stereocenters. The molecule has 3 unspecified atom stereocenters. The molecule has 0 aromatic carbocycles. The van der Waals surface area contributed by atoms with E-state index in [1.54, 1.807) is 0 Å². The summed E-state index contributed by atoms with van der Waals surface area (Å²) in [4.78, 5) is 22.7. The summed E-state index contributed by atoms with van der Waals surface area (Å²) in [5.74, 6) is -1.04. The molecule has 1 heterocycles. The number of carboxylic acid groups (broad SMARTS) is 1. The number of amides is 1. The Morgan fingerprint density at radius 3 is 2.72 bits per heavy atom. The smallest absolute Gasteiger partial charge is 0.306 e. The van der Waals surface area contributed by atoms with Crippen molar-refractivity contribution in [2.75, 3.05) is 6.61 Å². The molecule has 1 amide bonds. The Bertz CT molecular complexity index is 312. The summed E-state index contributed by atoms with van der Waals surface area (Å²) in [6.45, 7) is 0.752. The van der Waals surface area contributed by atoms with Gasteiger partial charge in [0.2, 0.25) is 5.91 Å². The normalized spacial score (nSPS) is 32.1. The van der Waals surface area contributed by atoms with Crippen LogP contribution in [0.25, 0.3) is 0 Å². The zero-order chi connectivity index (χ0) is 13.0. The Balaban J connectivity index is 1.74. The molecule has 18 heavy (non-hydrogen) atoms. The summed E-state index contributed by atoms with van der Waals surface area (Å²) in [7, 11) is 0. The lowest BCUT2D eigenvalue weighted by Gasteiger charge is -2.27. The van der Waals surface area contributed by atoms with Gasteiger partial charge in [-0.3, -0.25) is 9.59 Å². The quantitative estimate of drug-likeness (QED) is 0.794. The molecule has 2 rings (SSSR count). The van der Waals surface area contributed by atoms with Crippen LogP contribution in [-0.2, 0) is 14.3 Å². The van der Waals surface area contributed by atoms with Crippen LogP contribution in [0.5, 0.6) is 0 Å². The van der Waals surface area contributed by atoms with Crippen molar-refractivity contribution < 1.29 is 19.4 Å². The van der Waals surface area contributed by atoms with E-state index in [9.17, 15) is 9.59 Å². The van der Waals surface area contributed by atoms with Crippen molar-refractivity contribution in [3.05, 3.63) is 0 Å². The van der Waals surface area contributed by atoms with Gasteiger partial charge in [-0.15, -0.1) is 0 Å². The summed E-state index contributed by atoms with van der Waals surface area (Å²) < 4.78 is 5.42. The van der Waals surface area contributed by atoms with Gasteiger partial charge < -0.3 is 15.2 Å². The van der Waals surface area contributed by atoms with Crippen LogP contribution in [-0.4, -0.2) is 35.7 Å². The number of carbonyl (C=O) groups is 2. The summed E-state index contributed by atoms with van der Waals surface area (Å²) in [5.41, 5.74) is 0. The molecule has 2 aliphatic rings. The SMILES string of the molecule is O=C(CC1CCCO1)NC1CCCC(C(=O)O)C1. The highest BCUT2D eigenvalue weighted by molar-refractivity contribution is 5.77. The maximum Gasteiger partial charge on any atom is 0.306 e. The van der Waals surface area contributed by atoms with Crippen LogP contribution >= 0.6 is 0 Å². The van der Waals surface area contributed by atoms with Crippen molar-refractivity contribution in [1.29, 1.82) is 0 Å². The number of nitrogens with one attached hydrogen (secondary N) is 1. The Hall–Kier alpha value is -1.10. The fraction of sp³-hybridized carbons (Fsp3) is 0.846. The molecular weight excluding hydrogens is 234 g/mol. The summed E-state index contributed by atoms with van der Waals surface area (Å²) >= 11 is 0. The van der Waals surface area contributed by atoms with Crippen LogP contribution < -0.4 is 5.32 Å². The van der Waals surface area contributed by atoms with E-state index in [2.05, 4.69) is 5.32 Å². The molecule has 0 aromatic rings. The highest BCUT2D eigenvalue weighted by atomic mass is 16.5. The predicted octanol–water partition coefficient (Wildman–Crippen LogP) is 1.32. The highest BCUT2D eigenvalue weighted by Gasteiger charge is 2.28. The predicted molar refractivity (Wildman–Crippen MR) is 65.1 cm³/mol. The lowest BCUT2D eigenvalue weighted by atomic mass is 9.85. The van der Waals surface area contributed by atoms with Gasteiger partial charge in [-0.05, 0) is 32.1 Å². The van der Waals surface area contributed by atoms with Crippen LogP contribution in [0.2, 0.25) is 0 Å². The first-order valence-corrected chi connectivity index (χ1v) is 6.79. The minimum Gasteiger partial charge on any atom is -0.481 e. The molecule has 2 N–H and O–H groups in total. The number of hydrogen-bond acceptors (Lipinski definition) is 3. The van der Waals surface area contributed by atoms with E-state index in [1.807, 2.05) is 0 Å². The van der Waals surface area contributed by atoms with Gasteiger partial charge in [-0.2, -0.15) is 0 Å². The van der Waals surface area contributed by atoms with Gasteiger partial charge in [0, 0.05) is 12.6 Å². The van der Waals surface area contributed by atoms with E-state index >= 15 is 0 Å². The van der Waals surface area contributed by atoms with Gasteiger partial charge in [-0.1, -0.05) is 6.42 Å². The lowest BCUT2D eigenvalue weighted by Crippen LogP contribution is -2.40. The van der Waals surface area contributed by atoms with Gasteiger partial charge in [0.1, 0.15) is 0 Å². The molecule has 1 saturated carbocycles. The van der Waals surface area contributed by atoms with Crippen molar-refractivity contribution in [2.24, 2.45) is 5.92 Å². The van der Waals surface area contributed by atoms with E-state index in [1.165, 1.54) is 0 Å². The molecular formula is C13H21NO4. The largest absolute Gasteiger partial charge is 0.481 e. The fourth-order valence-electron chi connectivity index (χ4n) is 2.84. The second kappa shape index (κ2) is 6.18. The van der Waals surface area contributed by atoms with Crippen LogP contribution in [0.1, 0.15) is 44.9 Å². The number of rotatable bonds is 4. The monoisotopic (exact) mass is 255 g/mol. The minimum absolute atomic E-state index is 0.00191. The van der Waals surface area contributed by atoms with E-state index in [0.717, 1.165) is 38.7 Å². The molecule has 1 aliphatic carbocycles. The molecule has 5 nitrogen and oxygen atoms in total. The van der Waals surface area contributed by atoms with Crippen LogP contribution in [0.3, 0.4) is 0 Å². The Labute approximate surface area is 107 Å². The summed E-state index contributed by atoms with van der Waals surface area (Å²) in [5, 5.41) is 11.9. The molecule has 0 aromatic heterocycles. The van der Waals surface area contributed by atoms with Crippen LogP contribution in [0.4, 0.5) is 0 Å². The summed E-state index contributed by atoms with van der Waals surface area (Å²) in [6, 6.07) is 0.0220. The lowest BCUT2D eigenvalue weighted by molar-refractivity contribution is -0.143. The minimum atomic E-state index is -0.743. The standard InChI is InChI=1S/C13H21NO4/c15-12(8-11-5-2-6-18-11)14-10-4-1-3-9(7-10)13(16)17/h9-11H,1-8H2,(H,14,15)(H,16,17). The number of carbonyl (C=O) groups excluding carboxylic acids is 1. The maximum absolute atomic E-state index is 11.8. The van der Waals surface area contributed by atoms with E-state index in [0.29, 0.717) is 12.8 Å². The van der Waals surface area contributed by atoms with E-state index < -0.39 is 5.97 Å². The Morgan fingerprint density at radius 1 is 1.22 bits per heavy atom. The molecule has 1 aliphatic heterocycles. The average molecular weight is 255 g/mol. The van der Waals surface area contributed by atoms with Crippen molar-refractivity contribution in [2.45, 2.75) is 57.1 Å². The zero-order valence-electron chi connectivity index (χ0n) is 10.6. The van der Waals surface area contributed by atoms with E-state index in [4.69, 9.17) is 9.84 Å². The van der Waals surface area contributed by atoms with Gasteiger partial charge in [-0.25, -0.2) is 0 Å². The molecule has 0 radical (unpaired) electrons. The molecule has 2 fully saturated rings. The fourth-order valence-corrected chi connectivity index (χ4v) is 2.84. The molecule has 0 bridgehead atoms. The average Bonchev–Trinajstić information content (AvgIpc) is 2.82. The third-order valence-corrected chi connectivity index (χ3v) is 3.83. The van der Waals surface area contributed by atoms with E-state index in [-0.39, 0.29) is 24.0 Å². The van der Waals surface area contributed by atoms with Gasteiger partial charge >= 0.3 is 5.97 Å². The maximum atomic E-state index is 11.8. The second-order valence-electron chi connectivity index (χ2n) is 5.31. The van der Waals surface area contributed by atoms with Crippen molar-refractivity contribution in [1.82, 2.24) is 5.32 Å². The van der Waals surface area contributed by atoms with Crippen molar-refractivity contribution in [3.63, 3.8) is 0 Å². The Kier molecular flexibility index (Phi) is 4.58. The number of ether oxygens (including phenoxy) is 1. The van der Waals surface area contributed by atoms with Crippen LogP contribution in [0.15, 0.2) is 0 Å². The van der Waals surface area contributed by atoms with Crippen molar-refractivity contribution >= 4 is 11.9 Å². The van der Waals surface area contributed by atoms with Gasteiger partial charge in [0.25, 0.3) is 0 Å². The number of hydrogen-bond donors (Lipinski definition) is 2. The van der Waals surface area contributed by atoms with Crippen molar-refractivity contribution in [3.8, 4) is 0 Å². The Morgan fingerprint density at radius 2 is 2.06 bits per heavy atom.